The van der Waals surface area contributed by atoms with E-state index < -0.39 is 0 Å². The largest absolute Gasteiger partial charge is 0.322 e. The lowest BCUT2D eigenvalue weighted by Crippen LogP contribution is -2.11. The molecule has 1 aromatic rings. The van der Waals surface area contributed by atoms with Crippen molar-refractivity contribution in [2.75, 3.05) is 5.32 Å². The van der Waals surface area contributed by atoms with Gasteiger partial charge in [0, 0.05) is 11.3 Å². The summed E-state index contributed by atoms with van der Waals surface area (Å²) in [4.78, 5) is 11.3. The van der Waals surface area contributed by atoms with Gasteiger partial charge >= 0.3 is 0 Å². The van der Waals surface area contributed by atoms with Crippen molar-refractivity contribution in [1.29, 1.82) is 0 Å². The minimum absolute atomic E-state index is 0.130. The van der Waals surface area contributed by atoms with Crippen LogP contribution in [0.25, 0.3) is 0 Å². The number of hydrogen-bond acceptors (Lipinski definition) is 1. The lowest BCUT2D eigenvalue weighted by atomic mass is 10.1. The Morgan fingerprint density at radius 1 is 1.21 bits per heavy atom. The van der Waals surface area contributed by atoms with Gasteiger partial charge in [-0.1, -0.05) is 12.6 Å². The molecule has 2 nitrogen and oxygen atoms in total. The van der Waals surface area contributed by atoms with Gasteiger partial charge in [0.05, 0.1) is 0 Å². The summed E-state index contributed by atoms with van der Waals surface area (Å²) in [5.74, 6) is -0.130. The molecule has 0 bridgehead atoms. The zero-order valence-corrected chi connectivity index (χ0v) is 8.85. The van der Waals surface area contributed by atoms with E-state index in [-0.39, 0.29) is 5.91 Å². The topological polar surface area (TPSA) is 29.1 Å². The van der Waals surface area contributed by atoms with E-state index in [1.54, 1.807) is 6.92 Å². The van der Waals surface area contributed by atoms with Crippen LogP contribution in [0.2, 0.25) is 0 Å². The van der Waals surface area contributed by atoms with Gasteiger partial charge < -0.3 is 5.32 Å². The number of carbonyl (C=O) groups excluding carboxylic acids is 1. The Morgan fingerprint density at radius 3 is 2.14 bits per heavy atom. The van der Waals surface area contributed by atoms with Crippen LogP contribution in [0, 0.1) is 13.8 Å². The zero-order valence-electron chi connectivity index (χ0n) is 8.85. The van der Waals surface area contributed by atoms with E-state index in [1.165, 1.54) is 0 Å². The molecule has 0 heterocycles. The number of benzene rings is 1. The Labute approximate surface area is 84.6 Å². The molecule has 0 saturated carbocycles. The van der Waals surface area contributed by atoms with Crippen LogP contribution in [0.5, 0.6) is 0 Å². The van der Waals surface area contributed by atoms with Crippen LogP contribution in [-0.4, -0.2) is 5.91 Å². The van der Waals surface area contributed by atoms with Gasteiger partial charge in [0.2, 0.25) is 0 Å². The van der Waals surface area contributed by atoms with Gasteiger partial charge in [-0.15, -0.1) is 0 Å². The molecule has 0 aromatic heterocycles. The van der Waals surface area contributed by atoms with Crippen molar-refractivity contribution in [2.45, 2.75) is 20.8 Å². The summed E-state index contributed by atoms with van der Waals surface area (Å²) in [5.41, 5.74) is 3.63. The molecule has 1 amide bonds. The molecule has 0 aliphatic rings. The number of aryl methyl sites for hydroxylation is 2. The van der Waals surface area contributed by atoms with Gasteiger partial charge in [-0.2, -0.15) is 0 Å². The fourth-order valence-electron chi connectivity index (χ4n) is 1.28. The SMILES string of the molecule is C=C(C)C(=O)Nc1cc(C)cc(C)c1. The first-order chi connectivity index (χ1) is 6.49. The second kappa shape index (κ2) is 4.09. The highest BCUT2D eigenvalue weighted by atomic mass is 16.1. The van der Waals surface area contributed by atoms with Crippen molar-refractivity contribution >= 4 is 11.6 Å². The quantitative estimate of drug-likeness (QED) is 0.712. The molecule has 2 heteroatoms. The van der Waals surface area contributed by atoms with E-state index in [2.05, 4.69) is 18.0 Å². The highest BCUT2D eigenvalue weighted by Gasteiger charge is 2.02. The second-order valence-electron chi connectivity index (χ2n) is 3.61. The molecular formula is C12H15NO. The van der Waals surface area contributed by atoms with Crippen LogP contribution >= 0.6 is 0 Å². The van der Waals surface area contributed by atoms with E-state index in [0.717, 1.165) is 16.8 Å². The third kappa shape index (κ3) is 2.73. The molecule has 0 saturated heterocycles. The maximum absolute atomic E-state index is 11.3. The standard InChI is InChI=1S/C12H15NO/c1-8(2)12(14)13-11-6-9(3)5-10(4)7-11/h5-7H,1H2,2-4H3,(H,13,14). The molecule has 0 aliphatic heterocycles. The Morgan fingerprint density at radius 2 is 1.71 bits per heavy atom. The van der Waals surface area contributed by atoms with Gasteiger partial charge in [0.25, 0.3) is 5.91 Å². The number of hydrogen-bond donors (Lipinski definition) is 1. The molecule has 74 valence electrons. The smallest absolute Gasteiger partial charge is 0.250 e. The third-order valence-electron chi connectivity index (χ3n) is 1.87. The predicted molar refractivity (Wildman–Crippen MR) is 59.4 cm³/mol. The van der Waals surface area contributed by atoms with E-state index in [9.17, 15) is 4.79 Å². The average Bonchev–Trinajstić information content (AvgIpc) is 2.01. The number of anilines is 1. The zero-order chi connectivity index (χ0) is 10.7. The van der Waals surface area contributed by atoms with Crippen LogP contribution < -0.4 is 5.32 Å². The first-order valence-electron chi connectivity index (χ1n) is 4.54. The molecule has 1 N–H and O–H groups in total. The van der Waals surface area contributed by atoms with Gasteiger partial charge in [-0.3, -0.25) is 4.79 Å². The normalized spacial score (nSPS) is 9.64. The third-order valence-corrected chi connectivity index (χ3v) is 1.87. The summed E-state index contributed by atoms with van der Waals surface area (Å²) >= 11 is 0. The van der Waals surface area contributed by atoms with Gasteiger partial charge in [0.1, 0.15) is 0 Å². The summed E-state index contributed by atoms with van der Waals surface area (Å²) in [7, 11) is 0. The van der Waals surface area contributed by atoms with E-state index >= 15 is 0 Å². The Hall–Kier alpha value is -1.57. The molecule has 0 radical (unpaired) electrons. The first-order valence-corrected chi connectivity index (χ1v) is 4.54. The minimum atomic E-state index is -0.130. The highest BCUT2D eigenvalue weighted by Crippen LogP contribution is 2.14. The summed E-state index contributed by atoms with van der Waals surface area (Å²) in [5, 5.41) is 2.78. The van der Waals surface area contributed by atoms with Crippen molar-refractivity contribution in [2.24, 2.45) is 0 Å². The molecule has 0 spiro atoms. The molecule has 0 fully saturated rings. The van der Waals surface area contributed by atoms with Crippen molar-refractivity contribution in [3.8, 4) is 0 Å². The van der Waals surface area contributed by atoms with Gasteiger partial charge in [0.15, 0.2) is 0 Å². The molecule has 0 unspecified atom stereocenters. The van der Waals surface area contributed by atoms with Gasteiger partial charge in [-0.05, 0) is 44.0 Å². The second-order valence-corrected chi connectivity index (χ2v) is 3.61. The minimum Gasteiger partial charge on any atom is -0.322 e. The molecular weight excluding hydrogens is 174 g/mol. The maximum atomic E-state index is 11.3. The monoisotopic (exact) mass is 189 g/mol. The van der Waals surface area contributed by atoms with Crippen LogP contribution in [0.1, 0.15) is 18.1 Å². The summed E-state index contributed by atoms with van der Waals surface area (Å²) < 4.78 is 0. The van der Waals surface area contributed by atoms with Gasteiger partial charge in [-0.25, -0.2) is 0 Å². The van der Waals surface area contributed by atoms with E-state index in [1.807, 2.05) is 26.0 Å². The Bertz CT molecular complexity index is 360. The number of carbonyl (C=O) groups is 1. The fraction of sp³-hybridized carbons (Fsp3) is 0.250. The van der Waals surface area contributed by atoms with Crippen molar-refractivity contribution < 1.29 is 4.79 Å². The average molecular weight is 189 g/mol. The molecule has 14 heavy (non-hydrogen) atoms. The van der Waals surface area contributed by atoms with Crippen LogP contribution in [0.15, 0.2) is 30.4 Å². The van der Waals surface area contributed by atoms with Crippen LogP contribution in [0.3, 0.4) is 0 Å². The summed E-state index contributed by atoms with van der Waals surface area (Å²) in [6.07, 6.45) is 0. The van der Waals surface area contributed by atoms with E-state index in [0.29, 0.717) is 5.57 Å². The number of rotatable bonds is 2. The maximum Gasteiger partial charge on any atom is 0.250 e. The highest BCUT2D eigenvalue weighted by molar-refractivity contribution is 6.02. The van der Waals surface area contributed by atoms with Crippen molar-refractivity contribution in [3.63, 3.8) is 0 Å². The number of amides is 1. The number of nitrogens with one attached hydrogen (secondary N) is 1. The first kappa shape index (κ1) is 10.5. The molecule has 1 aromatic carbocycles. The van der Waals surface area contributed by atoms with E-state index in [4.69, 9.17) is 0 Å². The Balaban J connectivity index is 2.87. The van der Waals surface area contributed by atoms with Crippen molar-refractivity contribution in [3.05, 3.63) is 41.5 Å². The molecule has 0 aliphatic carbocycles. The van der Waals surface area contributed by atoms with Crippen molar-refractivity contribution in [1.82, 2.24) is 0 Å². The lowest BCUT2D eigenvalue weighted by Gasteiger charge is -2.06. The Kier molecular flexibility index (Phi) is 3.07. The van der Waals surface area contributed by atoms with Crippen LogP contribution in [-0.2, 0) is 4.79 Å². The van der Waals surface area contributed by atoms with Crippen LogP contribution in [0.4, 0.5) is 5.69 Å². The molecule has 0 atom stereocenters. The summed E-state index contributed by atoms with van der Waals surface area (Å²) in [6.45, 7) is 9.28. The molecule has 1 rings (SSSR count). The summed E-state index contributed by atoms with van der Waals surface area (Å²) in [6, 6.07) is 5.94. The fourth-order valence-corrected chi connectivity index (χ4v) is 1.28. The lowest BCUT2D eigenvalue weighted by molar-refractivity contribution is -0.112. The predicted octanol–water partition coefficient (Wildman–Crippen LogP) is 2.82.